The van der Waals surface area contributed by atoms with Crippen LogP contribution in [0, 0.1) is 13.8 Å². The van der Waals surface area contributed by atoms with Crippen molar-refractivity contribution in [3.8, 4) is 0 Å². The Labute approximate surface area is 160 Å². The van der Waals surface area contributed by atoms with Gasteiger partial charge in [-0.2, -0.15) is 0 Å². The number of nitrogens with zero attached hydrogens (tertiary/aromatic N) is 4. The van der Waals surface area contributed by atoms with Gasteiger partial charge in [0.25, 0.3) is 0 Å². The first-order chi connectivity index (χ1) is 13.0. The number of piperazine rings is 1. The normalized spacial score (nSPS) is 14.4. The third-order valence-corrected chi connectivity index (χ3v) is 5.09. The summed E-state index contributed by atoms with van der Waals surface area (Å²) in [6.45, 7) is 13.0. The van der Waals surface area contributed by atoms with Crippen LogP contribution in [0.5, 0.6) is 0 Å². The number of benzene rings is 1. The number of hydrogen-bond donors (Lipinski definition) is 1. The summed E-state index contributed by atoms with van der Waals surface area (Å²) in [4.78, 5) is 18.9. The molecule has 27 heavy (non-hydrogen) atoms. The number of urea groups is 1. The minimum Gasteiger partial charge on any atom is -0.372 e. The zero-order valence-electron chi connectivity index (χ0n) is 16.7. The molecule has 1 aromatic carbocycles. The van der Waals surface area contributed by atoms with Crippen molar-refractivity contribution < 1.29 is 9.32 Å². The summed E-state index contributed by atoms with van der Waals surface area (Å²) >= 11 is 0. The lowest BCUT2D eigenvalue weighted by molar-refractivity contribution is 0.208. The van der Waals surface area contributed by atoms with Gasteiger partial charge in [0.15, 0.2) is 5.82 Å². The first-order valence-corrected chi connectivity index (χ1v) is 9.61. The molecule has 0 unspecified atom stereocenters. The molecule has 2 heterocycles. The third-order valence-electron chi connectivity index (χ3n) is 5.09. The Hall–Kier alpha value is -2.70. The highest BCUT2D eigenvalue weighted by Gasteiger charge is 2.23. The summed E-state index contributed by atoms with van der Waals surface area (Å²) in [6.07, 6.45) is 0. The molecule has 0 bridgehead atoms. The van der Waals surface area contributed by atoms with Gasteiger partial charge < -0.3 is 24.5 Å². The van der Waals surface area contributed by atoms with Crippen LogP contribution < -0.4 is 15.1 Å². The molecule has 0 saturated carbocycles. The fourth-order valence-electron chi connectivity index (χ4n) is 3.41. The van der Waals surface area contributed by atoms with Crippen molar-refractivity contribution in [2.24, 2.45) is 0 Å². The second-order valence-electron chi connectivity index (χ2n) is 6.87. The average molecular weight is 371 g/mol. The van der Waals surface area contributed by atoms with E-state index in [-0.39, 0.29) is 6.03 Å². The Balaban J connectivity index is 1.58. The van der Waals surface area contributed by atoms with Crippen molar-refractivity contribution in [3.05, 3.63) is 35.6 Å². The molecule has 2 aromatic rings. The van der Waals surface area contributed by atoms with Gasteiger partial charge in [-0.05, 0) is 51.5 Å². The highest BCUT2D eigenvalue weighted by molar-refractivity contribution is 5.90. The van der Waals surface area contributed by atoms with E-state index in [0.717, 1.165) is 49.0 Å². The standard InChI is InChI=1S/C20H29N5O2/c1-5-23(6-2)17-7-8-18(15(3)13-17)21-20(26)25-11-9-24(10-12-25)19-14-16(4)27-22-19/h7-8,13-14H,5-6,9-12H2,1-4H3,(H,21,26). The van der Waals surface area contributed by atoms with Crippen molar-refractivity contribution in [2.45, 2.75) is 27.7 Å². The minimum absolute atomic E-state index is 0.0512. The van der Waals surface area contributed by atoms with Crippen LogP contribution in [0.1, 0.15) is 25.2 Å². The molecule has 146 valence electrons. The maximum Gasteiger partial charge on any atom is 0.321 e. The van der Waals surface area contributed by atoms with Gasteiger partial charge >= 0.3 is 6.03 Å². The van der Waals surface area contributed by atoms with Gasteiger partial charge in [0.2, 0.25) is 0 Å². The van der Waals surface area contributed by atoms with E-state index in [0.29, 0.717) is 13.1 Å². The highest BCUT2D eigenvalue weighted by atomic mass is 16.5. The van der Waals surface area contributed by atoms with Gasteiger partial charge in [0.1, 0.15) is 5.76 Å². The fraction of sp³-hybridized carbons (Fsp3) is 0.500. The van der Waals surface area contributed by atoms with Crippen LogP contribution in [0.2, 0.25) is 0 Å². The van der Waals surface area contributed by atoms with Crippen LogP contribution >= 0.6 is 0 Å². The number of carbonyl (C=O) groups is 1. The summed E-state index contributed by atoms with van der Waals surface area (Å²) in [5, 5.41) is 7.11. The molecular weight excluding hydrogens is 342 g/mol. The summed E-state index contributed by atoms with van der Waals surface area (Å²) in [5.74, 6) is 1.64. The molecule has 0 aliphatic carbocycles. The zero-order chi connectivity index (χ0) is 19.4. The molecular formula is C20H29N5O2. The number of anilines is 3. The van der Waals surface area contributed by atoms with Gasteiger partial charge in [-0.25, -0.2) is 4.79 Å². The number of carbonyl (C=O) groups excluding carboxylic acids is 1. The highest BCUT2D eigenvalue weighted by Crippen LogP contribution is 2.23. The van der Waals surface area contributed by atoms with E-state index < -0.39 is 0 Å². The molecule has 3 rings (SSSR count). The third kappa shape index (κ3) is 4.35. The van der Waals surface area contributed by atoms with E-state index in [2.05, 4.69) is 46.3 Å². The van der Waals surface area contributed by atoms with Gasteiger partial charge in [-0.3, -0.25) is 0 Å². The van der Waals surface area contributed by atoms with E-state index in [1.807, 2.05) is 30.9 Å². The average Bonchev–Trinajstić information content (AvgIpc) is 3.11. The van der Waals surface area contributed by atoms with Crippen molar-refractivity contribution in [1.82, 2.24) is 10.1 Å². The minimum atomic E-state index is -0.0512. The molecule has 7 heteroatoms. The number of rotatable bonds is 5. The Kier molecular flexibility index (Phi) is 5.88. The Morgan fingerprint density at radius 3 is 2.41 bits per heavy atom. The molecule has 1 aromatic heterocycles. The molecule has 1 aliphatic heterocycles. The Morgan fingerprint density at radius 2 is 1.85 bits per heavy atom. The predicted molar refractivity (Wildman–Crippen MR) is 109 cm³/mol. The topological polar surface area (TPSA) is 64.9 Å². The zero-order valence-corrected chi connectivity index (χ0v) is 16.7. The summed E-state index contributed by atoms with van der Waals surface area (Å²) in [6, 6.07) is 8.07. The number of aryl methyl sites for hydroxylation is 2. The van der Waals surface area contributed by atoms with Crippen LogP contribution in [0.15, 0.2) is 28.8 Å². The molecule has 0 radical (unpaired) electrons. The second-order valence-corrected chi connectivity index (χ2v) is 6.87. The van der Waals surface area contributed by atoms with Gasteiger partial charge in [0.05, 0.1) is 0 Å². The first kappa shape index (κ1) is 19.1. The summed E-state index contributed by atoms with van der Waals surface area (Å²) < 4.78 is 5.14. The maximum absolute atomic E-state index is 12.6. The van der Waals surface area contributed by atoms with Crippen LogP contribution in [-0.4, -0.2) is 55.4 Å². The van der Waals surface area contributed by atoms with Crippen LogP contribution in [0.3, 0.4) is 0 Å². The predicted octanol–water partition coefficient (Wildman–Crippen LogP) is 3.49. The molecule has 1 N–H and O–H groups in total. The molecule has 0 atom stereocenters. The maximum atomic E-state index is 12.6. The van der Waals surface area contributed by atoms with E-state index in [4.69, 9.17) is 4.52 Å². The molecule has 1 aliphatic rings. The van der Waals surface area contributed by atoms with Crippen molar-refractivity contribution in [3.63, 3.8) is 0 Å². The molecule has 1 saturated heterocycles. The van der Waals surface area contributed by atoms with Crippen molar-refractivity contribution in [1.29, 1.82) is 0 Å². The largest absolute Gasteiger partial charge is 0.372 e. The van der Waals surface area contributed by atoms with Gasteiger partial charge in [-0.15, -0.1) is 0 Å². The lowest BCUT2D eigenvalue weighted by Gasteiger charge is -2.34. The molecule has 2 amide bonds. The van der Waals surface area contributed by atoms with Crippen LogP contribution in [0.25, 0.3) is 0 Å². The smallest absolute Gasteiger partial charge is 0.321 e. The summed E-state index contributed by atoms with van der Waals surface area (Å²) in [7, 11) is 0. The number of hydrogen-bond acceptors (Lipinski definition) is 5. The van der Waals surface area contributed by atoms with E-state index in [9.17, 15) is 4.79 Å². The van der Waals surface area contributed by atoms with E-state index in [1.54, 1.807) is 0 Å². The lowest BCUT2D eigenvalue weighted by atomic mass is 10.1. The number of amides is 2. The number of nitrogens with one attached hydrogen (secondary N) is 1. The second kappa shape index (κ2) is 8.33. The van der Waals surface area contributed by atoms with Gasteiger partial charge in [0, 0.05) is 56.7 Å². The summed E-state index contributed by atoms with van der Waals surface area (Å²) in [5.41, 5.74) is 3.13. The molecule has 1 fully saturated rings. The van der Waals surface area contributed by atoms with E-state index in [1.165, 1.54) is 5.69 Å². The molecule has 7 nitrogen and oxygen atoms in total. The van der Waals surface area contributed by atoms with Crippen molar-refractivity contribution >= 4 is 23.2 Å². The fourth-order valence-corrected chi connectivity index (χ4v) is 3.41. The quantitative estimate of drug-likeness (QED) is 0.872. The van der Waals surface area contributed by atoms with E-state index >= 15 is 0 Å². The van der Waals surface area contributed by atoms with Gasteiger partial charge in [-0.1, -0.05) is 5.16 Å². The van der Waals surface area contributed by atoms with Crippen LogP contribution in [0.4, 0.5) is 22.0 Å². The van der Waals surface area contributed by atoms with Crippen LogP contribution in [-0.2, 0) is 0 Å². The SMILES string of the molecule is CCN(CC)c1ccc(NC(=O)N2CCN(c3cc(C)on3)CC2)c(C)c1. The number of aromatic nitrogens is 1. The van der Waals surface area contributed by atoms with Crippen molar-refractivity contribution in [2.75, 3.05) is 54.4 Å². The Morgan fingerprint density at radius 1 is 1.15 bits per heavy atom. The first-order valence-electron chi connectivity index (χ1n) is 9.61. The monoisotopic (exact) mass is 371 g/mol. The Bertz CT molecular complexity index is 776. The molecule has 0 spiro atoms. The lowest BCUT2D eigenvalue weighted by Crippen LogP contribution is -2.50.